The fourth-order valence-corrected chi connectivity index (χ4v) is 1.59. The molecule has 6 nitrogen and oxygen atoms in total. The van der Waals surface area contributed by atoms with E-state index in [9.17, 15) is 4.57 Å². The molecule has 3 N–H and O–H groups in total. The van der Waals surface area contributed by atoms with Crippen LogP contribution in [-0.2, 0) is 13.8 Å². The van der Waals surface area contributed by atoms with E-state index in [1.165, 1.54) is 0 Å². The zero-order valence-corrected chi connectivity index (χ0v) is 11.3. The van der Waals surface area contributed by atoms with Crippen LogP contribution in [0.4, 0.5) is 0 Å². The number of morpholine rings is 1. The molecule has 0 unspecified atom stereocenters. The van der Waals surface area contributed by atoms with Gasteiger partial charge in [-0.15, -0.1) is 0 Å². The Morgan fingerprint density at radius 1 is 1.24 bits per heavy atom. The highest BCUT2D eigenvalue weighted by molar-refractivity contribution is 7.46. The molecule has 7 heteroatoms. The Hall–Kier alpha value is 0.0300. The second kappa shape index (κ2) is 11.1. The highest BCUT2D eigenvalue weighted by Gasteiger charge is 2.11. The third-order valence-corrected chi connectivity index (χ3v) is 2.62. The summed E-state index contributed by atoms with van der Waals surface area (Å²) in [5.41, 5.74) is 0. The lowest BCUT2D eigenvalue weighted by atomic mass is 10.2. The monoisotopic (exact) mass is 269 g/mol. The molecule has 0 atom stereocenters. The molecule has 0 aromatic carbocycles. The van der Waals surface area contributed by atoms with Crippen molar-refractivity contribution in [2.75, 3.05) is 32.9 Å². The molecule has 0 amide bonds. The summed E-state index contributed by atoms with van der Waals surface area (Å²) in [5.74, 6) is 0. The summed E-state index contributed by atoms with van der Waals surface area (Å²) < 4.78 is 19.4. The maximum Gasteiger partial charge on any atom is 0.469 e. The largest absolute Gasteiger partial charge is 0.469 e. The van der Waals surface area contributed by atoms with Gasteiger partial charge in [0.1, 0.15) is 0 Å². The molecule has 1 heterocycles. The molecule has 0 aromatic heterocycles. The first-order chi connectivity index (χ1) is 8.06. The van der Waals surface area contributed by atoms with Gasteiger partial charge in [0.2, 0.25) is 0 Å². The van der Waals surface area contributed by atoms with Gasteiger partial charge in [0.15, 0.2) is 0 Å². The summed E-state index contributed by atoms with van der Waals surface area (Å²) in [6.45, 7) is 6.06. The summed E-state index contributed by atoms with van der Waals surface area (Å²) >= 11 is 0. The topological polar surface area (TPSA) is 88.0 Å². The first-order valence-corrected chi connectivity index (χ1v) is 7.58. The van der Waals surface area contributed by atoms with Crippen LogP contribution in [0.15, 0.2) is 0 Å². The summed E-state index contributed by atoms with van der Waals surface area (Å²) in [7, 11) is -4.21. The van der Waals surface area contributed by atoms with Gasteiger partial charge in [-0.05, 0) is 6.42 Å². The predicted octanol–water partition coefficient (Wildman–Crippen LogP) is 1.28. The van der Waals surface area contributed by atoms with Crippen molar-refractivity contribution >= 4 is 7.82 Å². The number of phosphoric acid groups is 1. The van der Waals surface area contributed by atoms with E-state index < -0.39 is 7.82 Å². The van der Waals surface area contributed by atoms with E-state index in [0.717, 1.165) is 52.0 Å². The second-order valence-electron chi connectivity index (χ2n) is 3.75. The lowest BCUT2D eigenvalue weighted by Gasteiger charge is -2.10. The van der Waals surface area contributed by atoms with Crippen molar-refractivity contribution in [1.29, 1.82) is 0 Å². The maximum absolute atomic E-state index is 10.1. The minimum absolute atomic E-state index is 0.157. The molecule has 104 valence electrons. The minimum atomic E-state index is -4.21. The van der Waals surface area contributed by atoms with Crippen molar-refractivity contribution in [1.82, 2.24) is 5.32 Å². The molecule has 17 heavy (non-hydrogen) atoms. The zero-order chi connectivity index (χ0) is 13.0. The van der Waals surface area contributed by atoms with Crippen LogP contribution in [0.1, 0.15) is 32.6 Å². The van der Waals surface area contributed by atoms with Gasteiger partial charge in [0.05, 0.1) is 19.8 Å². The Bertz CT molecular complexity index is 193. The third kappa shape index (κ3) is 16.0. The predicted molar refractivity (Wildman–Crippen MR) is 65.8 cm³/mol. The highest BCUT2D eigenvalue weighted by Crippen LogP contribution is 2.35. The van der Waals surface area contributed by atoms with Crippen molar-refractivity contribution in [3.05, 3.63) is 0 Å². The Morgan fingerprint density at radius 3 is 2.24 bits per heavy atom. The van der Waals surface area contributed by atoms with E-state index in [2.05, 4.69) is 16.8 Å². The minimum Gasteiger partial charge on any atom is -0.379 e. The quantitative estimate of drug-likeness (QED) is 0.497. The Morgan fingerprint density at radius 2 is 1.88 bits per heavy atom. The van der Waals surface area contributed by atoms with Crippen LogP contribution in [0.3, 0.4) is 0 Å². The van der Waals surface area contributed by atoms with E-state index in [4.69, 9.17) is 14.5 Å². The van der Waals surface area contributed by atoms with Crippen LogP contribution in [-0.4, -0.2) is 42.7 Å². The molecular weight excluding hydrogens is 245 g/mol. The number of unbranched alkanes of at least 4 members (excludes halogenated alkanes) is 3. The van der Waals surface area contributed by atoms with Crippen molar-refractivity contribution in [2.24, 2.45) is 0 Å². The first kappa shape index (κ1) is 17.0. The van der Waals surface area contributed by atoms with E-state index in [1.807, 2.05) is 0 Å². The number of hydrogen-bond acceptors (Lipinski definition) is 4. The van der Waals surface area contributed by atoms with Crippen molar-refractivity contribution in [3.63, 3.8) is 0 Å². The van der Waals surface area contributed by atoms with E-state index in [1.54, 1.807) is 0 Å². The van der Waals surface area contributed by atoms with Crippen LogP contribution >= 0.6 is 7.82 Å². The van der Waals surface area contributed by atoms with Gasteiger partial charge in [-0.3, -0.25) is 4.52 Å². The molecule has 0 saturated carbocycles. The average molecular weight is 269 g/mol. The van der Waals surface area contributed by atoms with Crippen LogP contribution in [0.5, 0.6) is 0 Å². The normalized spacial score (nSPS) is 16.2. The second-order valence-corrected chi connectivity index (χ2v) is 4.99. The average Bonchev–Trinajstić information content (AvgIpc) is 2.30. The van der Waals surface area contributed by atoms with Gasteiger partial charge >= 0.3 is 7.82 Å². The molecule has 1 aliphatic heterocycles. The summed E-state index contributed by atoms with van der Waals surface area (Å²) in [6, 6.07) is 0. The lowest BCUT2D eigenvalue weighted by molar-refractivity contribution is 0.109. The van der Waals surface area contributed by atoms with E-state index >= 15 is 0 Å². The number of phosphoric ester groups is 1. The van der Waals surface area contributed by atoms with Gasteiger partial charge in [-0.1, -0.05) is 26.2 Å². The van der Waals surface area contributed by atoms with Crippen molar-refractivity contribution in [2.45, 2.75) is 32.6 Å². The first-order valence-electron chi connectivity index (χ1n) is 6.05. The molecular formula is C10H24NO5P. The van der Waals surface area contributed by atoms with Crippen molar-refractivity contribution < 1.29 is 23.6 Å². The smallest absolute Gasteiger partial charge is 0.379 e. The molecule has 0 aliphatic carbocycles. The molecule has 0 aromatic rings. The van der Waals surface area contributed by atoms with E-state index in [0.29, 0.717) is 0 Å². The number of rotatable bonds is 6. The Labute approximate surface area is 103 Å². The molecule has 1 fully saturated rings. The maximum atomic E-state index is 10.1. The van der Waals surface area contributed by atoms with Gasteiger partial charge in [-0.25, -0.2) is 4.57 Å². The van der Waals surface area contributed by atoms with E-state index in [-0.39, 0.29) is 6.61 Å². The highest BCUT2D eigenvalue weighted by atomic mass is 31.2. The molecule has 0 spiro atoms. The molecule has 0 bridgehead atoms. The SMILES string of the molecule is C1COCCN1.CCCCCCOP(=O)(O)O. The zero-order valence-electron chi connectivity index (χ0n) is 10.4. The fraction of sp³-hybridized carbons (Fsp3) is 1.00. The van der Waals surface area contributed by atoms with Crippen LogP contribution < -0.4 is 5.32 Å². The summed E-state index contributed by atoms with van der Waals surface area (Å²) in [5, 5.41) is 3.16. The molecule has 1 rings (SSSR count). The number of ether oxygens (including phenoxy) is 1. The summed E-state index contributed by atoms with van der Waals surface area (Å²) in [6.07, 6.45) is 3.88. The Balaban J connectivity index is 0.000000354. The number of nitrogens with one attached hydrogen (secondary N) is 1. The van der Waals surface area contributed by atoms with Crippen molar-refractivity contribution in [3.8, 4) is 0 Å². The van der Waals surface area contributed by atoms with Crippen LogP contribution in [0, 0.1) is 0 Å². The Kier molecular flexibility index (Phi) is 11.2. The summed E-state index contributed by atoms with van der Waals surface area (Å²) in [4.78, 5) is 16.5. The van der Waals surface area contributed by atoms with Gasteiger partial charge in [0, 0.05) is 13.1 Å². The van der Waals surface area contributed by atoms with Gasteiger partial charge in [-0.2, -0.15) is 0 Å². The van der Waals surface area contributed by atoms with Gasteiger partial charge < -0.3 is 19.8 Å². The lowest BCUT2D eigenvalue weighted by Crippen LogP contribution is -2.30. The van der Waals surface area contributed by atoms with Gasteiger partial charge in [0.25, 0.3) is 0 Å². The van der Waals surface area contributed by atoms with Crippen LogP contribution in [0.2, 0.25) is 0 Å². The number of hydrogen-bond donors (Lipinski definition) is 3. The molecule has 0 radical (unpaired) electrons. The molecule has 1 saturated heterocycles. The standard InChI is InChI=1S/C6H15O4P.C4H9NO/c1-2-3-4-5-6-10-11(7,8)9;1-3-6-4-2-5-1/h2-6H2,1H3,(H2,7,8,9);5H,1-4H2. The molecule has 1 aliphatic rings. The fourth-order valence-electron chi connectivity index (χ4n) is 1.23. The third-order valence-electron chi connectivity index (χ3n) is 2.10. The van der Waals surface area contributed by atoms with Crippen LogP contribution in [0.25, 0.3) is 0 Å².